The van der Waals surface area contributed by atoms with Crippen molar-refractivity contribution in [3.8, 4) is 11.5 Å². The predicted octanol–water partition coefficient (Wildman–Crippen LogP) is 5.64. The van der Waals surface area contributed by atoms with E-state index < -0.39 is 17.7 Å². The maximum Gasteiger partial charge on any atom is 0.290 e. The summed E-state index contributed by atoms with van der Waals surface area (Å²) in [6.45, 7) is 12.4. The number of carbonyl (C=O) groups excluding carboxylic acids is 2. The highest BCUT2D eigenvalue weighted by atomic mass is 32.1. The van der Waals surface area contributed by atoms with Crippen LogP contribution in [0.25, 0.3) is 0 Å². The summed E-state index contributed by atoms with van der Waals surface area (Å²) in [5, 5.41) is 12.7. The Hall–Kier alpha value is -2.84. The normalized spacial score (nSPS) is 15.8. The van der Waals surface area contributed by atoms with Gasteiger partial charge in [-0.05, 0) is 68.5 Å². The maximum atomic E-state index is 13.5. The number of benzene rings is 1. The van der Waals surface area contributed by atoms with Crippen molar-refractivity contribution in [3.63, 3.8) is 0 Å². The Bertz CT molecular complexity index is 1050. The average molecular weight is 515 g/mol. The van der Waals surface area contributed by atoms with Crippen molar-refractivity contribution < 1.29 is 24.2 Å². The zero-order valence-corrected chi connectivity index (χ0v) is 22.6. The Labute approximate surface area is 218 Å². The van der Waals surface area contributed by atoms with Gasteiger partial charge in [-0.2, -0.15) is 0 Å². The van der Waals surface area contributed by atoms with Crippen LogP contribution in [0.5, 0.6) is 11.5 Å². The lowest BCUT2D eigenvalue weighted by atomic mass is 9.95. The summed E-state index contributed by atoms with van der Waals surface area (Å²) in [7, 11) is 0. The second kappa shape index (κ2) is 13.5. The van der Waals surface area contributed by atoms with Crippen LogP contribution in [0.2, 0.25) is 0 Å². The summed E-state index contributed by atoms with van der Waals surface area (Å²) in [6.07, 6.45) is 2.68. The van der Waals surface area contributed by atoms with Gasteiger partial charge in [-0.3, -0.25) is 9.59 Å². The molecule has 2 heterocycles. The molecule has 1 N–H and O–H groups in total. The Morgan fingerprint density at radius 1 is 1.08 bits per heavy atom. The van der Waals surface area contributed by atoms with Crippen molar-refractivity contribution in [1.82, 2.24) is 9.80 Å². The quantitative estimate of drug-likeness (QED) is 0.245. The smallest absolute Gasteiger partial charge is 0.290 e. The van der Waals surface area contributed by atoms with E-state index in [4.69, 9.17) is 9.47 Å². The summed E-state index contributed by atoms with van der Waals surface area (Å²) in [5.41, 5.74) is 0.828. The number of ketones is 1. The second-order valence-electron chi connectivity index (χ2n) is 8.69. The molecule has 0 bridgehead atoms. The molecule has 1 amide bonds. The molecule has 0 radical (unpaired) electrons. The molecule has 0 spiro atoms. The SMILES string of the molecule is CCCCOc1ccc(C2C(C(=O)c3cccs3)=C(O)C(=O)N2CCCN(CC)CC)cc1OCC. The summed E-state index contributed by atoms with van der Waals surface area (Å²) in [4.78, 5) is 31.1. The van der Waals surface area contributed by atoms with Gasteiger partial charge >= 0.3 is 0 Å². The molecule has 0 fully saturated rings. The predicted molar refractivity (Wildman–Crippen MR) is 143 cm³/mol. The minimum atomic E-state index is -0.701. The van der Waals surface area contributed by atoms with E-state index >= 15 is 0 Å². The van der Waals surface area contributed by atoms with Crippen molar-refractivity contribution >= 4 is 23.0 Å². The summed E-state index contributed by atoms with van der Waals surface area (Å²) < 4.78 is 11.8. The van der Waals surface area contributed by atoms with Crippen LogP contribution in [-0.2, 0) is 4.79 Å². The van der Waals surface area contributed by atoms with Gasteiger partial charge in [0.15, 0.2) is 17.3 Å². The number of nitrogens with zero attached hydrogens (tertiary/aromatic N) is 2. The summed E-state index contributed by atoms with van der Waals surface area (Å²) in [5.74, 6) is -0.113. The third kappa shape index (κ3) is 6.28. The lowest BCUT2D eigenvalue weighted by Crippen LogP contribution is -2.34. The highest BCUT2D eigenvalue weighted by molar-refractivity contribution is 7.12. The van der Waals surface area contributed by atoms with E-state index in [9.17, 15) is 14.7 Å². The number of unbranched alkanes of at least 4 members (excludes halogenated alkanes) is 1. The molecule has 3 rings (SSSR count). The van der Waals surface area contributed by atoms with E-state index in [2.05, 4.69) is 25.7 Å². The van der Waals surface area contributed by atoms with E-state index in [1.165, 1.54) is 11.3 Å². The van der Waals surface area contributed by atoms with Crippen LogP contribution in [-0.4, -0.2) is 66.0 Å². The minimum Gasteiger partial charge on any atom is -0.503 e. The third-order valence-electron chi connectivity index (χ3n) is 6.40. The van der Waals surface area contributed by atoms with Crippen LogP contribution in [0.15, 0.2) is 47.0 Å². The fraction of sp³-hybridized carbons (Fsp3) is 0.500. The number of aliphatic hydroxyl groups excluding tert-OH is 1. The van der Waals surface area contributed by atoms with Crippen LogP contribution in [0, 0.1) is 0 Å². The second-order valence-corrected chi connectivity index (χ2v) is 9.64. The fourth-order valence-corrected chi connectivity index (χ4v) is 5.09. The molecule has 1 unspecified atom stereocenters. The molecule has 1 aliphatic rings. The average Bonchev–Trinajstić information content (AvgIpc) is 3.51. The molecule has 0 saturated heterocycles. The van der Waals surface area contributed by atoms with Crippen molar-refractivity contribution in [2.24, 2.45) is 0 Å². The number of amides is 1. The molecule has 2 aromatic rings. The van der Waals surface area contributed by atoms with E-state index in [0.717, 1.165) is 38.9 Å². The molecule has 7 nitrogen and oxygen atoms in total. The van der Waals surface area contributed by atoms with Gasteiger partial charge in [0.1, 0.15) is 0 Å². The number of ether oxygens (including phenoxy) is 2. The Kier molecular flexibility index (Phi) is 10.4. The molecule has 1 aromatic heterocycles. The number of rotatable bonds is 15. The van der Waals surface area contributed by atoms with Crippen molar-refractivity contribution in [2.45, 2.75) is 53.0 Å². The molecular weight excluding hydrogens is 476 g/mol. The van der Waals surface area contributed by atoms with Gasteiger partial charge < -0.3 is 24.4 Å². The number of thiophene rings is 1. The first-order valence-corrected chi connectivity index (χ1v) is 13.8. The van der Waals surface area contributed by atoms with Crippen molar-refractivity contribution in [2.75, 3.05) is 39.4 Å². The Balaban J connectivity index is 1.98. The third-order valence-corrected chi connectivity index (χ3v) is 7.27. The van der Waals surface area contributed by atoms with Gasteiger partial charge in [-0.1, -0.05) is 39.3 Å². The number of aliphatic hydroxyl groups is 1. The van der Waals surface area contributed by atoms with Crippen molar-refractivity contribution in [3.05, 3.63) is 57.5 Å². The van der Waals surface area contributed by atoms with Crippen LogP contribution in [0.3, 0.4) is 0 Å². The standard InChI is InChI=1S/C28H38N2O5S/c1-5-9-17-35-21-14-13-20(19-22(21)34-8-4)25-24(26(31)23-12-10-18-36-23)27(32)28(33)30(25)16-11-15-29(6-2)7-3/h10,12-14,18-19,25,32H,5-9,11,15-17H2,1-4H3. The van der Waals surface area contributed by atoms with Crippen LogP contribution in [0.1, 0.15) is 68.2 Å². The molecule has 1 aromatic carbocycles. The van der Waals surface area contributed by atoms with Crippen LogP contribution < -0.4 is 9.47 Å². The van der Waals surface area contributed by atoms with Gasteiger partial charge in [0.2, 0.25) is 5.78 Å². The van der Waals surface area contributed by atoms with E-state index in [-0.39, 0.29) is 11.4 Å². The molecule has 1 aliphatic heterocycles. The van der Waals surface area contributed by atoms with Crippen LogP contribution in [0.4, 0.5) is 0 Å². The topological polar surface area (TPSA) is 79.3 Å². The first kappa shape index (κ1) is 27.7. The number of Topliss-reactive ketones (excluding diaryl/α,β-unsaturated/α-hetero) is 1. The monoisotopic (exact) mass is 514 g/mol. The highest BCUT2D eigenvalue weighted by Gasteiger charge is 2.44. The lowest BCUT2D eigenvalue weighted by molar-refractivity contribution is -0.129. The zero-order chi connectivity index (χ0) is 26.1. The highest BCUT2D eigenvalue weighted by Crippen LogP contribution is 2.42. The Morgan fingerprint density at radius 2 is 1.86 bits per heavy atom. The molecule has 36 heavy (non-hydrogen) atoms. The lowest BCUT2D eigenvalue weighted by Gasteiger charge is -2.28. The van der Waals surface area contributed by atoms with Gasteiger partial charge in [-0.15, -0.1) is 11.3 Å². The zero-order valence-electron chi connectivity index (χ0n) is 21.8. The molecule has 0 saturated carbocycles. The fourth-order valence-electron chi connectivity index (χ4n) is 4.42. The van der Waals surface area contributed by atoms with Gasteiger partial charge in [0.05, 0.1) is 29.7 Å². The number of carbonyl (C=O) groups is 2. The maximum absolute atomic E-state index is 13.5. The van der Waals surface area contributed by atoms with Gasteiger partial charge in [0, 0.05) is 6.54 Å². The van der Waals surface area contributed by atoms with Crippen LogP contribution >= 0.6 is 11.3 Å². The molecule has 1 atom stereocenters. The van der Waals surface area contributed by atoms with E-state index in [0.29, 0.717) is 41.7 Å². The largest absolute Gasteiger partial charge is 0.503 e. The first-order valence-electron chi connectivity index (χ1n) is 12.9. The molecule has 0 aliphatic carbocycles. The molecular formula is C28H38N2O5S. The summed E-state index contributed by atoms with van der Waals surface area (Å²) >= 11 is 1.30. The first-order chi connectivity index (χ1) is 17.5. The van der Waals surface area contributed by atoms with Gasteiger partial charge in [0.25, 0.3) is 5.91 Å². The van der Waals surface area contributed by atoms with E-state index in [1.807, 2.05) is 30.5 Å². The van der Waals surface area contributed by atoms with Gasteiger partial charge in [-0.25, -0.2) is 0 Å². The summed E-state index contributed by atoms with van der Waals surface area (Å²) in [6, 6.07) is 8.33. The number of hydrogen-bond donors (Lipinski definition) is 1. The molecule has 196 valence electrons. The van der Waals surface area contributed by atoms with Crippen molar-refractivity contribution in [1.29, 1.82) is 0 Å². The molecule has 8 heteroatoms. The minimum absolute atomic E-state index is 0.118. The van der Waals surface area contributed by atoms with E-state index in [1.54, 1.807) is 17.0 Å². The number of hydrogen-bond acceptors (Lipinski definition) is 7. The Morgan fingerprint density at radius 3 is 2.50 bits per heavy atom.